The van der Waals surface area contributed by atoms with E-state index < -0.39 is 39.1 Å². The van der Waals surface area contributed by atoms with E-state index in [1.165, 1.54) is 12.8 Å². The van der Waals surface area contributed by atoms with Gasteiger partial charge in [-0.15, -0.1) is 0 Å². The molecule has 6 atom stereocenters. The summed E-state index contributed by atoms with van der Waals surface area (Å²) in [5.41, 5.74) is -0.190. The van der Waals surface area contributed by atoms with Crippen LogP contribution in [0.4, 0.5) is 0 Å². The molecule has 0 spiro atoms. The summed E-state index contributed by atoms with van der Waals surface area (Å²) in [7, 11) is -1.46. The van der Waals surface area contributed by atoms with E-state index in [9.17, 15) is 20.2 Å². The summed E-state index contributed by atoms with van der Waals surface area (Å²) in [6.07, 6.45) is -1.21. The Bertz CT molecular complexity index is 616. The van der Waals surface area contributed by atoms with E-state index in [1.54, 1.807) is 0 Å². The van der Waals surface area contributed by atoms with Crippen molar-refractivity contribution in [1.82, 2.24) is 0 Å². The number of fused-ring (bicyclic) bond motifs is 1. The van der Waals surface area contributed by atoms with E-state index in [0.29, 0.717) is 13.2 Å². The third-order valence-electron chi connectivity index (χ3n) is 7.19. The molecule has 3 saturated carbocycles. The number of ether oxygens (including phenoxy) is 3. The van der Waals surface area contributed by atoms with Gasteiger partial charge in [0.2, 0.25) is 0 Å². The van der Waals surface area contributed by atoms with Gasteiger partial charge in [0.15, 0.2) is 14.7 Å². The minimum Gasteiger partial charge on any atom is -0.394 e. The monoisotopic (exact) mass is 448 g/mol. The molecule has 9 heteroatoms. The zero-order valence-corrected chi connectivity index (χ0v) is 19.3. The number of hydrogen-bond donors (Lipinski definition) is 4. The van der Waals surface area contributed by atoms with Crippen LogP contribution in [0, 0.1) is 16.7 Å². The van der Waals surface area contributed by atoms with Crippen LogP contribution in [0.3, 0.4) is 0 Å². The lowest BCUT2D eigenvalue weighted by Gasteiger charge is -2.53. The molecular formula is C21H37O8P. The quantitative estimate of drug-likeness (QED) is 0.372. The lowest BCUT2D eigenvalue weighted by Crippen LogP contribution is -2.61. The van der Waals surface area contributed by atoms with Crippen LogP contribution in [0.1, 0.15) is 53.4 Å². The second-order valence-electron chi connectivity index (χ2n) is 10.9. The van der Waals surface area contributed by atoms with Crippen LogP contribution in [0.5, 0.6) is 0 Å². The van der Waals surface area contributed by atoms with E-state index in [4.69, 9.17) is 18.7 Å². The predicted octanol–water partition coefficient (Wildman–Crippen LogP) is 1.53. The van der Waals surface area contributed by atoms with Gasteiger partial charge < -0.3 is 38.9 Å². The molecule has 0 amide bonds. The molecule has 8 nitrogen and oxygen atoms in total. The third-order valence-corrected chi connectivity index (χ3v) is 8.70. The highest BCUT2D eigenvalue weighted by Crippen LogP contribution is 2.75. The summed E-state index contributed by atoms with van der Waals surface area (Å²) >= 11 is 0. The molecule has 4 rings (SSSR count). The van der Waals surface area contributed by atoms with E-state index >= 15 is 0 Å². The Morgan fingerprint density at radius 3 is 2.23 bits per heavy atom. The molecule has 3 aliphatic carbocycles. The van der Waals surface area contributed by atoms with Crippen LogP contribution in [0.15, 0.2) is 0 Å². The molecule has 1 saturated heterocycles. The van der Waals surface area contributed by atoms with Crippen LogP contribution < -0.4 is 0 Å². The van der Waals surface area contributed by atoms with Gasteiger partial charge in [-0.25, -0.2) is 0 Å². The van der Waals surface area contributed by atoms with E-state index in [0.717, 1.165) is 18.8 Å². The summed E-state index contributed by atoms with van der Waals surface area (Å²) in [4.78, 5) is 10.1. The Hall–Kier alpha value is 0.110. The molecule has 0 aromatic heterocycles. The first-order valence-corrected chi connectivity index (χ1v) is 12.3. The van der Waals surface area contributed by atoms with Crippen molar-refractivity contribution >= 4 is 8.38 Å². The lowest BCUT2D eigenvalue weighted by atomic mass is 9.61. The van der Waals surface area contributed by atoms with Gasteiger partial charge in [0, 0.05) is 5.66 Å². The second-order valence-corrected chi connectivity index (χ2v) is 12.7. The topological polar surface area (TPSA) is 118 Å². The van der Waals surface area contributed by atoms with Crippen molar-refractivity contribution in [2.45, 2.75) is 95.3 Å². The van der Waals surface area contributed by atoms with Gasteiger partial charge in [0.05, 0.1) is 25.4 Å². The average Bonchev–Trinajstić information content (AvgIpc) is 3.50. The summed E-state index contributed by atoms with van der Waals surface area (Å²) in [5.74, 6) is 0.758. The van der Waals surface area contributed by atoms with Crippen LogP contribution >= 0.6 is 8.38 Å². The maximum atomic E-state index is 10.6. The van der Waals surface area contributed by atoms with Gasteiger partial charge in [0.25, 0.3) is 0 Å². The molecule has 6 unspecified atom stereocenters. The summed E-state index contributed by atoms with van der Waals surface area (Å²) in [5, 5.41) is 30.9. The van der Waals surface area contributed by atoms with E-state index in [1.807, 2.05) is 20.8 Å². The Balaban J connectivity index is 1.27. The number of aliphatic hydroxyl groups excluding tert-OH is 3. The van der Waals surface area contributed by atoms with Gasteiger partial charge in [-0.3, -0.25) is 0 Å². The normalized spacial score (nSPS) is 50.7. The molecule has 1 aliphatic heterocycles. The largest absolute Gasteiger partial charge is 0.394 e. The van der Waals surface area contributed by atoms with Crippen molar-refractivity contribution in [1.29, 1.82) is 0 Å². The predicted molar refractivity (Wildman–Crippen MR) is 110 cm³/mol. The van der Waals surface area contributed by atoms with Crippen LogP contribution in [-0.2, 0) is 18.7 Å². The number of aliphatic hydroxyl groups is 3. The van der Waals surface area contributed by atoms with Crippen LogP contribution in [0.25, 0.3) is 0 Å². The number of rotatable bonds is 10. The Labute approximate surface area is 179 Å². The summed E-state index contributed by atoms with van der Waals surface area (Å²) in [6, 6.07) is 0. The molecule has 1 heterocycles. The fourth-order valence-corrected chi connectivity index (χ4v) is 6.02. The Morgan fingerprint density at radius 1 is 1.07 bits per heavy atom. The van der Waals surface area contributed by atoms with Crippen molar-refractivity contribution < 1.29 is 38.9 Å². The molecular weight excluding hydrogens is 411 g/mol. The highest BCUT2D eigenvalue weighted by atomic mass is 31.2. The van der Waals surface area contributed by atoms with Crippen LogP contribution in [0.2, 0.25) is 0 Å². The molecule has 4 fully saturated rings. The Kier molecular flexibility index (Phi) is 6.33. The smallest absolute Gasteiger partial charge is 0.186 e. The van der Waals surface area contributed by atoms with E-state index in [-0.39, 0.29) is 28.7 Å². The van der Waals surface area contributed by atoms with Gasteiger partial charge in [-0.05, 0) is 49.4 Å². The highest BCUT2D eigenvalue weighted by molar-refractivity contribution is 7.47. The summed E-state index contributed by atoms with van der Waals surface area (Å²) < 4.78 is 23.3. The van der Waals surface area contributed by atoms with Crippen molar-refractivity contribution in [3.05, 3.63) is 0 Å². The minimum atomic E-state index is -1.46. The molecule has 0 aromatic rings. The highest BCUT2D eigenvalue weighted by Gasteiger charge is 2.69. The molecule has 4 aliphatic rings. The minimum absolute atomic E-state index is 0.0849. The van der Waals surface area contributed by atoms with Gasteiger partial charge in [-0.1, -0.05) is 20.8 Å². The van der Waals surface area contributed by atoms with Gasteiger partial charge >= 0.3 is 0 Å². The Morgan fingerprint density at radius 2 is 1.70 bits per heavy atom. The first kappa shape index (κ1) is 23.3. The molecule has 0 radical (unpaired) electrons. The van der Waals surface area contributed by atoms with E-state index in [2.05, 4.69) is 6.92 Å². The number of hydrogen-bond acceptors (Lipinski definition) is 8. The van der Waals surface area contributed by atoms with Crippen molar-refractivity contribution in [3.8, 4) is 0 Å². The first-order chi connectivity index (χ1) is 14.0. The zero-order valence-electron chi connectivity index (χ0n) is 18.4. The fourth-order valence-electron chi connectivity index (χ4n) is 5.23. The maximum Gasteiger partial charge on any atom is 0.186 e. The standard InChI is InChI=1S/C21H37O8P/c1-12(2)30(25)29-20(4)8-19(3,9-20)10-26-17-14(7-22)28-18(16(24)15(17)23)27-11-21-5-13(21)6-21/h12-18,22-25H,5-11H2,1-4H3. The first-order valence-electron chi connectivity index (χ1n) is 11.0. The fraction of sp³-hybridized carbons (Fsp3) is 1.00. The van der Waals surface area contributed by atoms with Gasteiger partial charge in [-0.2, -0.15) is 0 Å². The summed E-state index contributed by atoms with van der Waals surface area (Å²) in [6.45, 7) is 8.46. The van der Waals surface area contributed by atoms with Crippen LogP contribution in [-0.4, -0.2) is 82.0 Å². The average molecular weight is 448 g/mol. The maximum absolute atomic E-state index is 10.6. The lowest BCUT2D eigenvalue weighted by molar-refractivity contribution is -0.313. The SMILES string of the molecule is CC(C)P(O)OC1(C)CC(C)(COC2C(CO)OC(OCC34CC3C4)C(O)C2O)C1. The molecule has 0 bridgehead atoms. The molecule has 30 heavy (non-hydrogen) atoms. The molecule has 0 aromatic carbocycles. The van der Waals surface area contributed by atoms with Crippen molar-refractivity contribution in [2.24, 2.45) is 16.7 Å². The molecule has 174 valence electrons. The van der Waals surface area contributed by atoms with Crippen molar-refractivity contribution in [2.75, 3.05) is 19.8 Å². The zero-order chi connectivity index (χ0) is 21.9. The second kappa shape index (κ2) is 8.15. The van der Waals surface area contributed by atoms with Crippen molar-refractivity contribution in [3.63, 3.8) is 0 Å². The third kappa shape index (κ3) is 4.59. The molecule has 4 N–H and O–H groups in total. The van der Waals surface area contributed by atoms with Gasteiger partial charge in [0.1, 0.15) is 24.4 Å².